The average molecular weight is 395 g/mol. The van der Waals surface area contributed by atoms with E-state index in [0.717, 1.165) is 0 Å². The number of nitrogens with one attached hydrogen (secondary N) is 1. The first-order valence-electron chi connectivity index (χ1n) is 8.50. The van der Waals surface area contributed by atoms with Crippen molar-refractivity contribution in [1.82, 2.24) is 0 Å². The zero-order valence-corrected chi connectivity index (χ0v) is 15.5. The van der Waals surface area contributed by atoms with E-state index in [9.17, 15) is 14.0 Å². The first kappa shape index (κ1) is 19.5. The number of carbonyl (C=O) groups is 2. The number of hydrogen-bond acceptors (Lipinski definition) is 2. The monoisotopic (exact) mass is 394 g/mol. The summed E-state index contributed by atoms with van der Waals surface area (Å²) >= 11 is 6.19. The molecule has 0 spiro atoms. The molecule has 140 valence electrons. The van der Waals surface area contributed by atoms with E-state index in [2.05, 4.69) is 10.3 Å². The molecule has 0 saturated carbocycles. The number of rotatable bonds is 5. The van der Waals surface area contributed by atoms with Crippen LogP contribution in [0.15, 0.2) is 83.9 Å². The summed E-state index contributed by atoms with van der Waals surface area (Å²) in [6, 6.07) is 20.8. The molecule has 0 bridgehead atoms. The second kappa shape index (κ2) is 9.06. The second-order valence-corrected chi connectivity index (χ2v) is 6.37. The largest absolute Gasteiger partial charge is 0.321 e. The van der Waals surface area contributed by atoms with E-state index < -0.39 is 17.6 Å². The summed E-state index contributed by atoms with van der Waals surface area (Å²) in [4.78, 5) is 29.3. The molecule has 3 rings (SSSR count). The maximum absolute atomic E-state index is 13.1. The third-order valence-electron chi connectivity index (χ3n) is 3.94. The third kappa shape index (κ3) is 5.11. The maximum Gasteiger partial charge on any atom is 0.277 e. The maximum atomic E-state index is 13.1. The van der Waals surface area contributed by atoms with Crippen molar-refractivity contribution in [3.8, 4) is 0 Å². The van der Waals surface area contributed by atoms with Gasteiger partial charge >= 0.3 is 0 Å². The fraction of sp³-hybridized carbons (Fsp3) is 0.0455. The zero-order valence-electron chi connectivity index (χ0n) is 14.7. The minimum Gasteiger partial charge on any atom is -0.321 e. The van der Waals surface area contributed by atoms with E-state index in [1.54, 1.807) is 54.6 Å². The highest BCUT2D eigenvalue weighted by atomic mass is 35.5. The SMILES string of the molecule is O=C(Nc1ccc(F)cc1)C(Cc1ccccc1Cl)=NC(=O)c1ccccc1. The van der Waals surface area contributed by atoms with Gasteiger partial charge in [0.2, 0.25) is 0 Å². The normalized spacial score (nSPS) is 11.1. The molecule has 0 aliphatic carbocycles. The van der Waals surface area contributed by atoms with Crippen molar-refractivity contribution in [1.29, 1.82) is 0 Å². The number of benzene rings is 3. The quantitative estimate of drug-likeness (QED) is 0.623. The minimum atomic E-state index is -0.559. The molecule has 6 heteroatoms. The van der Waals surface area contributed by atoms with Gasteiger partial charge in [-0.3, -0.25) is 9.59 Å². The molecule has 0 atom stereocenters. The van der Waals surface area contributed by atoms with Gasteiger partial charge in [0.25, 0.3) is 11.8 Å². The molecule has 3 aromatic carbocycles. The summed E-state index contributed by atoms with van der Waals surface area (Å²) in [6.07, 6.45) is 0.0747. The van der Waals surface area contributed by atoms with Crippen LogP contribution in [0.4, 0.5) is 10.1 Å². The number of amides is 2. The van der Waals surface area contributed by atoms with Gasteiger partial charge in [0, 0.05) is 22.7 Å². The molecule has 0 heterocycles. The average Bonchev–Trinajstić information content (AvgIpc) is 2.71. The summed E-state index contributed by atoms with van der Waals surface area (Å²) in [5, 5.41) is 3.10. The molecule has 0 fully saturated rings. The van der Waals surface area contributed by atoms with Crippen LogP contribution in [0.2, 0.25) is 5.02 Å². The lowest BCUT2D eigenvalue weighted by atomic mass is 10.1. The zero-order chi connectivity index (χ0) is 19.9. The lowest BCUT2D eigenvalue weighted by Crippen LogP contribution is -2.26. The van der Waals surface area contributed by atoms with Crippen LogP contribution in [0.1, 0.15) is 15.9 Å². The van der Waals surface area contributed by atoms with E-state index >= 15 is 0 Å². The Morgan fingerprint density at radius 2 is 1.54 bits per heavy atom. The van der Waals surface area contributed by atoms with Crippen LogP contribution in [0.5, 0.6) is 0 Å². The fourth-order valence-electron chi connectivity index (χ4n) is 2.50. The molecule has 28 heavy (non-hydrogen) atoms. The van der Waals surface area contributed by atoms with Gasteiger partial charge in [-0.25, -0.2) is 9.38 Å². The van der Waals surface area contributed by atoms with Crippen molar-refractivity contribution in [2.45, 2.75) is 6.42 Å². The number of anilines is 1. The van der Waals surface area contributed by atoms with Crippen LogP contribution in [0.25, 0.3) is 0 Å². The third-order valence-corrected chi connectivity index (χ3v) is 4.31. The molecule has 0 aromatic heterocycles. The van der Waals surface area contributed by atoms with Gasteiger partial charge in [-0.2, -0.15) is 0 Å². The van der Waals surface area contributed by atoms with Crippen molar-refractivity contribution in [2.75, 3.05) is 5.32 Å². The molecule has 3 aromatic rings. The molecule has 0 saturated heterocycles. The van der Waals surface area contributed by atoms with Gasteiger partial charge < -0.3 is 5.32 Å². The molecule has 0 aliphatic heterocycles. The van der Waals surface area contributed by atoms with Crippen molar-refractivity contribution in [3.05, 3.63) is 101 Å². The topological polar surface area (TPSA) is 58.5 Å². The van der Waals surface area contributed by atoms with Gasteiger partial charge in [-0.1, -0.05) is 48.0 Å². The molecule has 2 amide bonds. The van der Waals surface area contributed by atoms with Gasteiger partial charge in [0.05, 0.1) is 0 Å². The van der Waals surface area contributed by atoms with Crippen LogP contribution in [0, 0.1) is 5.82 Å². The van der Waals surface area contributed by atoms with E-state index in [4.69, 9.17) is 11.6 Å². The molecule has 0 unspecified atom stereocenters. The van der Waals surface area contributed by atoms with Gasteiger partial charge in [0.15, 0.2) is 0 Å². The van der Waals surface area contributed by atoms with Gasteiger partial charge in [-0.15, -0.1) is 0 Å². The van der Waals surface area contributed by atoms with E-state index in [1.165, 1.54) is 24.3 Å². The molecule has 1 N–H and O–H groups in total. The van der Waals surface area contributed by atoms with E-state index in [-0.39, 0.29) is 12.1 Å². The minimum absolute atomic E-state index is 0.00581. The summed E-state index contributed by atoms with van der Waals surface area (Å²) in [7, 11) is 0. The van der Waals surface area contributed by atoms with Crippen molar-refractivity contribution < 1.29 is 14.0 Å². The number of aliphatic imine (C=N–C) groups is 1. The standard InChI is InChI=1S/C22H16ClFN2O2/c23-19-9-5-4-8-16(19)14-20(26-21(27)15-6-2-1-3-7-15)22(28)25-18-12-10-17(24)11-13-18/h1-13H,14H2,(H,25,28). The fourth-order valence-corrected chi connectivity index (χ4v) is 2.70. The van der Waals surface area contributed by atoms with Crippen LogP contribution in [0.3, 0.4) is 0 Å². The molecule has 0 radical (unpaired) electrons. The van der Waals surface area contributed by atoms with E-state index in [0.29, 0.717) is 21.8 Å². The Labute approximate surface area is 166 Å². The smallest absolute Gasteiger partial charge is 0.277 e. The molecular formula is C22H16ClFN2O2. The predicted molar refractivity (Wildman–Crippen MR) is 108 cm³/mol. The Morgan fingerprint density at radius 1 is 0.893 bits per heavy atom. The van der Waals surface area contributed by atoms with Gasteiger partial charge in [-0.05, 0) is 48.0 Å². The highest BCUT2D eigenvalue weighted by Crippen LogP contribution is 2.17. The van der Waals surface area contributed by atoms with Crippen LogP contribution in [-0.2, 0) is 11.2 Å². The lowest BCUT2D eigenvalue weighted by molar-refractivity contribution is -0.110. The Morgan fingerprint density at radius 3 is 2.21 bits per heavy atom. The highest BCUT2D eigenvalue weighted by Gasteiger charge is 2.17. The number of halogens is 2. The Hall–Kier alpha value is -3.31. The van der Waals surface area contributed by atoms with Crippen molar-refractivity contribution in [3.63, 3.8) is 0 Å². The second-order valence-electron chi connectivity index (χ2n) is 5.96. The lowest BCUT2D eigenvalue weighted by Gasteiger charge is -2.09. The number of carbonyl (C=O) groups excluding carboxylic acids is 2. The van der Waals surface area contributed by atoms with Crippen LogP contribution < -0.4 is 5.32 Å². The molecule has 0 aliphatic rings. The Balaban J connectivity index is 1.90. The van der Waals surface area contributed by atoms with Crippen LogP contribution >= 0.6 is 11.6 Å². The van der Waals surface area contributed by atoms with Crippen molar-refractivity contribution in [2.24, 2.45) is 4.99 Å². The van der Waals surface area contributed by atoms with Gasteiger partial charge in [0.1, 0.15) is 11.5 Å². The molecule has 4 nitrogen and oxygen atoms in total. The Kier molecular flexibility index (Phi) is 6.29. The Bertz CT molecular complexity index is 1020. The number of hydrogen-bond donors (Lipinski definition) is 1. The summed E-state index contributed by atoms with van der Waals surface area (Å²) in [5.41, 5.74) is 1.43. The number of nitrogens with zero attached hydrogens (tertiary/aromatic N) is 1. The van der Waals surface area contributed by atoms with Crippen molar-refractivity contribution >= 4 is 34.8 Å². The summed E-state index contributed by atoms with van der Waals surface area (Å²) in [6.45, 7) is 0. The predicted octanol–water partition coefficient (Wildman–Crippen LogP) is 4.94. The van der Waals surface area contributed by atoms with E-state index in [1.807, 2.05) is 0 Å². The first-order valence-corrected chi connectivity index (χ1v) is 8.88. The molecular weight excluding hydrogens is 379 g/mol. The van der Waals surface area contributed by atoms with Crippen LogP contribution in [-0.4, -0.2) is 17.5 Å². The highest BCUT2D eigenvalue weighted by molar-refractivity contribution is 6.45. The summed E-state index contributed by atoms with van der Waals surface area (Å²) in [5.74, 6) is -1.50. The summed E-state index contributed by atoms with van der Waals surface area (Å²) < 4.78 is 13.1. The first-order chi connectivity index (χ1) is 13.5.